The van der Waals surface area contributed by atoms with Crippen LogP contribution in [0.1, 0.15) is 19.4 Å². The molecule has 1 heterocycles. The highest BCUT2D eigenvalue weighted by atomic mass is 16.5. The van der Waals surface area contributed by atoms with E-state index in [-0.39, 0.29) is 6.04 Å². The summed E-state index contributed by atoms with van der Waals surface area (Å²) in [4.78, 5) is 4.57. The van der Waals surface area contributed by atoms with Gasteiger partial charge >= 0.3 is 0 Å². The molecule has 0 bridgehead atoms. The lowest BCUT2D eigenvalue weighted by molar-refractivity contribution is 0.292. The van der Waals surface area contributed by atoms with E-state index in [1.807, 2.05) is 24.3 Å². The van der Waals surface area contributed by atoms with E-state index in [0.717, 1.165) is 17.2 Å². The average Bonchev–Trinajstić information content (AvgIpc) is 2.78. The number of nitrogens with zero attached hydrogens (tertiary/aromatic N) is 1. The van der Waals surface area contributed by atoms with Crippen molar-refractivity contribution in [3.63, 3.8) is 0 Å². The fourth-order valence-electron chi connectivity index (χ4n) is 1.62. The Bertz CT molecular complexity index is 381. The van der Waals surface area contributed by atoms with Gasteiger partial charge in [0.1, 0.15) is 12.4 Å². The van der Waals surface area contributed by atoms with Crippen LogP contribution in [-0.4, -0.2) is 25.7 Å². The molecule has 0 fully saturated rings. The van der Waals surface area contributed by atoms with Crippen LogP contribution in [0.15, 0.2) is 29.3 Å². The second-order valence-corrected chi connectivity index (χ2v) is 4.29. The van der Waals surface area contributed by atoms with Gasteiger partial charge in [0.15, 0.2) is 0 Å². The van der Waals surface area contributed by atoms with Crippen LogP contribution in [0.4, 0.5) is 0 Å². The summed E-state index contributed by atoms with van der Waals surface area (Å²) >= 11 is 0. The SMILES string of the molecule is COc1ccc(C2=N[C@H](C(C)C)CO2)cc1. The van der Waals surface area contributed by atoms with Crippen molar-refractivity contribution >= 4 is 5.90 Å². The number of hydrogen-bond donors (Lipinski definition) is 0. The van der Waals surface area contributed by atoms with Gasteiger partial charge < -0.3 is 9.47 Å². The van der Waals surface area contributed by atoms with E-state index in [1.54, 1.807) is 7.11 Å². The van der Waals surface area contributed by atoms with Crippen molar-refractivity contribution in [3.05, 3.63) is 29.8 Å². The van der Waals surface area contributed by atoms with Gasteiger partial charge in [0.2, 0.25) is 5.90 Å². The topological polar surface area (TPSA) is 30.8 Å². The lowest BCUT2D eigenvalue weighted by Crippen LogP contribution is -2.13. The van der Waals surface area contributed by atoms with Crippen molar-refractivity contribution in [2.75, 3.05) is 13.7 Å². The molecule has 0 radical (unpaired) electrons. The highest BCUT2D eigenvalue weighted by Crippen LogP contribution is 2.19. The van der Waals surface area contributed by atoms with Gasteiger partial charge in [-0.05, 0) is 30.2 Å². The van der Waals surface area contributed by atoms with Crippen molar-refractivity contribution in [3.8, 4) is 5.75 Å². The zero-order valence-electron chi connectivity index (χ0n) is 9.93. The van der Waals surface area contributed by atoms with E-state index < -0.39 is 0 Å². The molecule has 0 aromatic heterocycles. The van der Waals surface area contributed by atoms with E-state index in [2.05, 4.69) is 18.8 Å². The third-order valence-electron chi connectivity index (χ3n) is 2.78. The first-order valence-corrected chi connectivity index (χ1v) is 5.55. The molecule has 0 unspecified atom stereocenters. The van der Waals surface area contributed by atoms with Crippen LogP contribution in [0.5, 0.6) is 5.75 Å². The van der Waals surface area contributed by atoms with Crippen molar-refractivity contribution in [2.45, 2.75) is 19.9 Å². The van der Waals surface area contributed by atoms with Crippen molar-refractivity contribution in [2.24, 2.45) is 10.9 Å². The average molecular weight is 219 g/mol. The fourth-order valence-corrected chi connectivity index (χ4v) is 1.62. The quantitative estimate of drug-likeness (QED) is 0.782. The summed E-state index contributed by atoms with van der Waals surface area (Å²) in [5.74, 6) is 2.12. The van der Waals surface area contributed by atoms with Gasteiger partial charge in [-0.2, -0.15) is 0 Å². The maximum atomic E-state index is 5.60. The second kappa shape index (κ2) is 4.56. The molecule has 86 valence electrons. The monoisotopic (exact) mass is 219 g/mol. The van der Waals surface area contributed by atoms with Crippen molar-refractivity contribution < 1.29 is 9.47 Å². The summed E-state index contributed by atoms with van der Waals surface area (Å²) in [5, 5.41) is 0. The standard InChI is InChI=1S/C13H17NO2/c1-9(2)12-8-16-13(14-12)10-4-6-11(15-3)7-5-10/h4-7,9,12H,8H2,1-3H3/t12-/m0/s1. The fraction of sp³-hybridized carbons (Fsp3) is 0.462. The predicted molar refractivity (Wildman–Crippen MR) is 64.1 cm³/mol. The first-order chi connectivity index (χ1) is 7.70. The summed E-state index contributed by atoms with van der Waals surface area (Å²) in [6, 6.07) is 8.08. The lowest BCUT2D eigenvalue weighted by Gasteiger charge is -2.06. The maximum Gasteiger partial charge on any atom is 0.216 e. The Labute approximate surface area is 96.1 Å². The molecule has 1 aliphatic heterocycles. The van der Waals surface area contributed by atoms with Gasteiger partial charge in [-0.1, -0.05) is 13.8 Å². The largest absolute Gasteiger partial charge is 0.497 e. The van der Waals surface area contributed by atoms with Crippen LogP contribution in [-0.2, 0) is 4.74 Å². The van der Waals surface area contributed by atoms with Crippen LogP contribution in [0.2, 0.25) is 0 Å². The molecule has 16 heavy (non-hydrogen) atoms. The summed E-state index contributed by atoms with van der Waals surface area (Å²) in [6.45, 7) is 5.02. The molecule has 3 nitrogen and oxygen atoms in total. The van der Waals surface area contributed by atoms with Gasteiger partial charge in [0, 0.05) is 5.56 Å². The van der Waals surface area contributed by atoms with Crippen LogP contribution in [0.25, 0.3) is 0 Å². The molecule has 1 aromatic rings. The number of aliphatic imine (C=N–C) groups is 1. The maximum absolute atomic E-state index is 5.60. The third-order valence-corrected chi connectivity index (χ3v) is 2.78. The Morgan fingerprint density at radius 3 is 2.50 bits per heavy atom. The second-order valence-electron chi connectivity index (χ2n) is 4.29. The Morgan fingerprint density at radius 1 is 1.31 bits per heavy atom. The summed E-state index contributed by atoms with van der Waals surface area (Å²) < 4.78 is 10.7. The molecule has 0 saturated heterocycles. The van der Waals surface area contributed by atoms with Gasteiger partial charge in [0.05, 0.1) is 13.2 Å². The minimum absolute atomic E-state index is 0.289. The Balaban J connectivity index is 2.16. The van der Waals surface area contributed by atoms with Crippen molar-refractivity contribution in [1.82, 2.24) is 0 Å². The van der Waals surface area contributed by atoms with E-state index in [0.29, 0.717) is 12.5 Å². The molecule has 3 heteroatoms. The van der Waals surface area contributed by atoms with Gasteiger partial charge in [-0.25, -0.2) is 4.99 Å². The van der Waals surface area contributed by atoms with Crippen LogP contribution >= 0.6 is 0 Å². The van der Waals surface area contributed by atoms with E-state index in [1.165, 1.54) is 0 Å². The van der Waals surface area contributed by atoms with Crippen LogP contribution in [0, 0.1) is 5.92 Å². The molecule has 0 N–H and O–H groups in total. The number of rotatable bonds is 3. The third kappa shape index (κ3) is 2.18. The van der Waals surface area contributed by atoms with Gasteiger partial charge in [-0.3, -0.25) is 0 Å². The predicted octanol–water partition coefficient (Wildman–Crippen LogP) is 2.50. The van der Waals surface area contributed by atoms with E-state index >= 15 is 0 Å². The summed E-state index contributed by atoms with van der Waals surface area (Å²) in [5.41, 5.74) is 1.02. The molecule has 0 saturated carbocycles. The smallest absolute Gasteiger partial charge is 0.216 e. The molecular weight excluding hydrogens is 202 g/mol. The Kier molecular flexibility index (Phi) is 3.13. The molecule has 1 aliphatic rings. The van der Waals surface area contributed by atoms with E-state index in [4.69, 9.17) is 9.47 Å². The summed E-state index contributed by atoms with van der Waals surface area (Å²) in [6.07, 6.45) is 0. The molecule has 1 atom stereocenters. The molecule has 2 rings (SSSR count). The van der Waals surface area contributed by atoms with Gasteiger partial charge in [0.25, 0.3) is 0 Å². The molecule has 1 aromatic carbocycles. The molecular formula is C13H17NO2. The Hall–Kier alpha value is -1.51. The Morgan fingerprint density at radius 2 is 2.00 bits per heavy atom. The van der Waals surface area contributed by atoms with Gasteiger partial charge in [-0.15, -0.1) is 0 Å². The summed E-state index contributed by atoms with van der Waals surface area (Å²) in [7, 11) is 1.66. The van der Waals surface area contributed by atoms with Crippen LogP contribution in [0.3, 0.4) is 0 Å². The number of ether oxygens (including phenoxy) is 2. The number of benzene rings is 1. The highest BCUT2D eigenvalue weighted by molar-refractivity contribution is 5.95. The van der Waals surface area contributed by atoms with E-state index in [9.17, 15) is 0 Å². The lowest BCUT2D eigenvalue weighted by atomic mass is 10.1. The first kappa shape index (κ1) is 11.0. The number of methoxy groups -OCH3 is 1. The van der Waals surface area contributed by atoms with Crippen molar-refractivity contribution in [1.29, 1.82) is 0 Å². The normalized spacial score (nSPS) is 19.5. The zero-order valence-corrected chi connectivity index (χ0v) is 9.93. The minimum atomic E-state index is 0.289. The molecule has 0 amide bonds. The molecule has 0 spiro atoms. The number of hydrogen-bond acceptors (Lipinski definition) is 3. The minimum Gasteiger partial charge on any atom is -0.497 e. The highest BCUT2D eigenvalue weighted by Gasteiger charge is 2.22. The molecule has 0 aliphatic carbocycles. The zero-order chi connectivity index (χ0) is 11.5. The van der Waals surface area contributed by atoms with Crippen LogP contribution < -0.4 is 4.74 Å². The first-order valence-electron chi connectivity index (χ1n) is 5.55.